The highest BCUT2D eigenvalue weighted by atomic mass is 16.5. The van der Waals surface area contributed by atoms with E-state index in [1.165, 1.54) is 0 Å². The molecule has 1 aromatic rings. The molecule has 0 unspecified atom stereocenters. The van der Waals surface area contributed by atoms with Crippen molar-refractivity contribution in [3.05, 3.63) is 17.5 Å². The first kappa shape index (κ1) is 7.76. The molecule has 2 rings (SSSR count). The highest BCUT2D eigenvalue weighted by Crippen LogP contribution is 2.19. The Morgan fingerprint density at radius 2 is 2.58 bits per heavy atom. The van der Waals surface area contributed by atoms with Crippen LogP contribution in [0.5, 0.6) is 0 Å². The summed E-state index contributed by atoms with van der Waals surface area (Å²) in [6, 6.07) is 1.97. The molecule has 1 fully saturated rings. The number of aromatic nitrogens is 1. The average Bonchev–Trinajstić information content (AvgIpc) is 2.34. The van der Waals surface area contributed by atoms with Gasteiger partial charge in [-0.3, -0.25) is 0 Å². The molecule has 2 heterocycles. The van der Waals surface area contributed by atoms with Crippen LogP contribution in [-0.2, 0) is 11.3 Å². The van der Waals surface area contributed by atoms with Gasteiger partial charge in [0.2, 0.25) is 0 Å². The molecule has 0 spiro atoms. The summed E-state index contributed by atoms with van der Waals surface area (Å²) in [5.41, 5.74) is 1.04. The van der Waals surface area contributed by atoms with Crippen LogP contribution in [0, 0.1) is 0 Å². The first-order valence-electron chi connectivity index (χ1n) is 4.05. The number of rotatable bonds is 3. The third kappa shape index (κ3) is 1.35. The van der Waals surface area contributed by atoms with Crippen molar-refractivity contribution >= 4 is 0 Å². The van der Waals surface area contributed by atoms with Crippen molar-refractivity contribution in [1.29, 1.82) is 0 Å². The molecule has 0 amide bonds. The van der Waals surface area contributed by atoms with E-state index in [4.69, 9.17) is 9.26 Å². The number of nitrogens with one attached hydrogen (secondary N) is 1. The Labute approximate surface area is 70.9 Å². The van der Waals surface area contributed by atoms with Gasteiger partial charge < -0.3 is 14.6 Å². The van der Waals surface area contributed by atoms with Gasteiger partial charge in [0.15, 0.2) is 5.76 Å². The molecule has 0 aromatic carbocycles. The van der Waals surface area contributed by atoms with Crippen LogP contribution in [0.2, 0.25) is 0 Å². The van der Waals surface area contributed by atoms with Crippen LogP contribution >= 0.6 is 0 Å². The van der Waals surface area contributed by atoms with Gasteiger partial charge in [0.05, 0.1) is 5.69 Å². The highest BCUT2D eigenvalue weighted by molar-refractivity contribution is 5.14. The number of nitrogens with zero attached hydrogens (tertiary/aromatic N) is 1. The fourth-order valence-electron chi connectivity index (χ4n) is 1.23. The third-order valence-electron chi connectivity index (χ3n) is 2.06. The molecule has 0 radical (unpaired) electrons. The minimum atomic E-state index is 0.507. The van der Waals surface area contributed by atoms with Gasteiger partial charge in [0.25, 0.3) is 0 Å². The SMILES string of the molecule is COCc1cc(C2CNC2)no1. The zero-order chi connectivity index (χ0) is 8.39. The van der Waals surface area contributed by atoms with E-state index in [2.05, 4.69) is 10.5 Å². The molecule has 1 aliphatic rings. The summed E-state index contributed by atoms with van der Waals surface area (Å²) >= 11 is 0. The minimum absolute atomic E-state index is 0.507. The lowest BCUT2D eigenvalue weighted by Gasteiger charge is -2.24. The molecule has 0 saturated carbocycles. The largest absolute Gasteiger partial charge is 0.377 e. The Bertz CT molecular complexity index is 255. The maximum atomic E-state index is 5.06. The van der Waals surface area contributed by atoms with Crippen LogP contribution < -0.4 is 5.32 Å². The maximum absolute atomic E-state index is 5.06. The molecular formula is C8H12N2O2. The molecule has 0 aliphatic carbocycles. The zero-order valence-corrected chi connectivity index (χ0v) is 7.04. The van der Waals surface area contributed by atoms with E-state index in [9.17, 15) is 0 Å². The lowest BCUT2D eigenvalue weighted by atomic mass is 9.99. The Kier molecular flexibility index (Phi) is 2.10. The van der Waals surface area contributed by atoms with Crippen LogP contribution in [0.1, 0.15) is 17.4 Å². The predicted octanol–water partition coefficient (Wildman–Crippen LogP) is 0.508. The molecular weight excluding hydrogens is 156 g/mol. The van der Waals surface area contributed by atoms with Crippen LogP contribution in [0.3, 0.4) is 0 Å². The van der Waals surface area contributed by atoms with Crippen molar-refractivity contribution in [2.75, 3.05) is 20.2 Å². The summed E-state index contributed by atoms with van der Waals surface area (Å²) in [5.74, 6) is 1.35. The van der Waals surface area contributed by atoms with Crippen molar-refractivity contribution < 1.29 is 9.26 Å². The maximum Gasteiger partial charge on any atom is 0.162 e. The summed E-state index contributed by atoms with van der Waals surface area (Å²) in [4.78, 5) is 0. The molecule has 0 bridgehead atoms. The number of methoxy groups -OCH3 is 1. The molecule has 4 nitrogen and oxygen atoms in total. The fourth-order valence-corrected chi connectivity index (χ4v) is 1.23. The van der Waals surface area contributed by atoms with Crippen molar-refractivity contribution in [2.45, 2.75) is 12.5 Å². The van der Waals surface area contributed by atoms with Crippen LogP contribution in [0.25, 0.3) is 0 Å². The Morgan fingerprint density at radius 1 is 1.75 bits per heavy atom. The van der Waals surface area contributed by atoms with Crippen LogP contribution in [0.4, 0.5) is 0 Å². The van der Waals surface area contributed by atoms with Crippen molar-refractivity contribution in [3.8, 4) is 0 Å². The molecule has 1 aliphatic heterocycles. The van der Waals surface area contributed by atoms with Gasteiger partial charge in [-0.25, -0.2) is 0 Å². The summed E-state index contributed by atoms with van der Waals surface area (Å²) in [5, 5.41) is 7.15. The zero-order valence-electron chi connectivity index (χ0n) is 7.04. The molecule has 12 heavy (non-hydrogen) atoms. The monoisotopic (exact) mass is 168 g/mol. The summed E-state index contributed by atoms with van der Waals surface area (Å²) in [7, 11) is 1.65. The standard InChI is InChI=1S/C8H12N2O2/c1-11-5-7-2-8(10-12-7)6-3-9-4-6/h2,6,9H,3-5H2,1H3. The van der Waals surface area contributed by atoms with E-state index in [0.717, 1.165) is 24.5 Å². The van der Waals surface area contributed by atoms with Gasteiger partial charge in [0.1, 0.15) is 6.61 Å². The van der Waals surface area contributed by atoms with E-state index >= 15 is 0 Å². The van der Waals surface area contributed by atoms with Crippen molar-refractivity contribution in [1.82, 2.24) is 10.5 Å². The molecule has 4 heteroatoms. The molecule has 1 aromatic heterocycles. The van der Waals surface area contributed by atoms with Gasteiger partial charge in [0, 0.05) is 32.2 Å². The fraction of sp³-hybridized carbons (Fsp3) is 0.625. The Hall–Kier alpha value is -0.870. The molecule has 66 valence electrons. The van der Waals surface area contributed by atoms with Gasteiger partial charge in [-0.2, -0.15) is 0 Å². The Balaban J connectivity index is 2.02. The summed E-state index contributed by atoms with van der Waals surface area (Å²) < 4.78 is 9.98. The minimum Gasteiger partial charge on any atom is -0.377 e. The smallest absolute Gasteiger partial charge is 0.162 e. The first-order chi connectivity index (χ1) is 5.90. The second-order valence-electron chi connectivity index (χ2n) is 3.01. The van der Waals surface area contributed by atoms with Crippen molar-refractivity contribution in [2.24, 2.45) is 0 Å². The molecule has 0 atom stereocenters. The van der Waals surface area contributed by atoms with Gasteiger partial charge in [-0.1, -0.05) is 5.16 Å². The van der Waals surface area contributed by atoms with Gasteiger partial charge in [-0.05, 0) is 0 Å². The van der Waals surface area contributed by atoms with E-state index in [1.54, 1.807) is 7.11 Å². The second-order valence-corrected chi connectivity index (χ2v) is 3.01. The van der Waals surface area contributed by atoms with Crippen LogP contribution in [0.15, 0.2) is 10.6 Å². The number of hydrogen-bond acceptors (Lipinski definition) is 4. The topological polar surface area (TPSA) is 47.3 Å². The second kappa shape index (κ2) is 3.25. The van der Waals surface area contributed by atoms with E-state index in [1.807, 2.05) is 6.07 Å². The molecule has 1 saturated heterocycles. The number of ether oxygens (including phenoxy) is 1. The highest BCUT2D eigenvalue weighted by Gasteiger charge is 2.22. The quantitative estimate of drug-likeness (QED) is 0.714. The number of hydrogen-bond donors (Lipinski definition) is 1. The predicted molar refractivity (Wildman–Crippen MR) is 42.8 cm³/mol. The van der Waals surface area contributed by atoms with E-state index in [0.29, 0.717) is 12.5 Å². The lowest BCUT2D eigenvalue weighted by Crippen LogP contribution is -2.40. The third-order valence-corrected chi connectivity index (χ3v) is 2.06. The van der Waals surface area contributed by atoms with Gasteiger partial charge in [-0.15, -0.1) is 0 Å². The molecule has 1 N–H and O–H groups in total. The normalized spacial score (nSPS) is 17.8. The lowest BCUT2D eigenvalue weighted by molar-refractivity contribution is 0.155. The van der Waals surface area contributed by atoms with Crippen molar-refractivity contribution in [3.63, 3.8) is 0 Å². The van der Waals surface area contributed by atoms with Gasteiger partial charge >= 0.3 is 0 Å². The van der Waals surface area contributed by atoms with E-state index < -0.39 is 0 Å². The average molecular weight is 168 g/mol. The Morgan fingerprint density at radius 3 is 3.17 bits per heavy atom. The first-order valence-corrected chi connectivity index (χ1v) is 4.05. The van der Waals surface area contributed by atoms with Crippen LogP contribution in [-0.4, -0.2) is 25.4 Å². The summed E-state index contributed by atoms with van der Waals surface area (Å²) in [6.45, 7) is 2.53. The summed E-state index contributed by atoms with van der Waals surface area (Å²) in [6.07, 6.45) is 0. The van der Waals surface area contributed by atoms with E-state index in [-0.39, 0.29) is 0 Å².